The minimum atomic E-state index is -1.20. The molecule has 5 rings (SSSR count). The van der Waals surface area contributed by atoms with Crippen molar-refractivity contribution in [2.45, 2.75) is 99.2 Å². The Labute approximate surface area is 272 Å². The molecule has 0 amide bonds. The number of carbonyl (C=O) groups excluding carboxylic acids is 5. The van der Waals surface area contributed by atoms with E-state index in [1.165, 1.54) is 13.8 Å². The van der Waals surface area contributed by atoms with Crippen LogP contribution in [0.25, 0.3) is 0 Å². The molecule has 12 atom stereocenters. The van der Waals surface area contributed by atoms with Crippen LogP contribution in [-0.2, 0) is 38.2 Å². The summed E-state index contributed by atoms with van der Waals surface area (Å²) < 4.78 is 17.0. The van der Waals surface area contributed by atoms with Crippen LogP contribution in [0.2, 0.25) is 0 Å². The number of carbonyl (C=O) groups is 5. The first-order valence-electron chi connectivity index (χ1n) is 16.5. The van der Waals surface area contributed by atoms with Crippen molar-refractivity contribution >= 4 is 41.1 Å². The molecule has 0 aromatic rings. The van der Waals surface area contributed by atoms with E-state index in [1.54, 1.807) is 6.92 Å². The molecule has 2 spiro atoms. The van der Waals surface area contributed by atoms with E-state index in [0.29, 0.717) is 18.3 Å². The van der Waals surface area contributed by atoms with Crippen LogP contribution in [0.4, 0.5) is 0 Å². The predicted molar refractivity (Wildman–Crippen MR) is 168 cm³/mol. The SMILES string of the molecule is C=C(C(=O)[C@H](OC(=O)CCl)[C@@H](C)[C@H]1[C@@H](OC(C)=O)C[C@@]2(C)C3CCC4[C@H](C)C(=O)C=C[C@@]45C[C@@]35CC[C@]12C)[C@@H](C)COC(C)=O. The van der Waals surface area contributed by atoms with Gasteiger partial charge in [-0.3, -0.25) is 24.0 Å². The Morgan fingerprint density at radius 3 is 2.38 bits per heavy atom. The lowest BCUT2D eigenvalue weighted by atomic mass is 9.43. The average molecular weight is 645 g/mol. The number of alkyl halides is 1. The summed E-state index contributed by atoms with van der Waals surface area (Å²) in [4.78, 5) is 63.3. The molecule has 0 aromatic heterocycles. The standard InChI is InChI=1S/C36H49ClO8/c1-19(17-43-23(5)38)20(2)31(42)32(45-29(41)16-37)22(4)30-27(44-24(6)39)15-34(8)28-10-9-25-21(3)26(40)11-12-35(25)18-36(28,35)14-13-33(30,34)7/h11-12,19,21-22,25,27-28,30,32H,2,9-10,13-18H2,1,3-8H3/t19-,21-,22-,25?,27-,28?,30-,32+,33+,34-,35+,36-/m0/s1. The first-order valence-corrected chi connectivity index (χ1v) is 17.0. The van der Waals surface area contributed by atoms with Crippen LogP contribution in [0.1, 0.15) is 87.0 Å². The van der Waals surface area contributed by atoms with E-state index in [0.717, 1.165) is 32.1 Å². The van der Waals surface area contributed by atoms with Crippen LogP contribution in [0.3, 0.4) is 0 Å². The van der Waals surface area contributed by atoms with E-state index in [9.17, 15) is 24.0 Å². The molecule has 45 heavy (non-hydrogen) atoms. The number of hydrogen-bond acceptors (Lipinski definition) is 8. The Hall–Kier alpha value is -2.48. The molecule has 0 aliphatic heterocycles. The van der Waals surface area contributed by atoms with Crippen molar-refractivity contribution in [2.75, 3.05) is 12.5 Å². The summed E-state index contributed by atoms with van der Waals surface area (Å²) in [6.45, 7) is 17.0. The van der Waals surface area contributed by atoms with Gasteiger partial charge >= 0.3 is 17.9 Å². The van der Waals surface area contributed by atoms with Crippen LogP contribution in [0.15, 0.2) is 24.3 Å². The van der Waals surface area contributed by atoms with E-state index < -0.39 is 47.6 Å². The van der Waals surface area contributed by atoms with Crippen molar-refractivity contribution in [3.63, 3.8) is 0 Å². The molecule has 5 aliphatic rings. The molecular formula is C36H49ClO8. The van der Waals surface area contributed by atoms with Crippen molar-refractivity contribution < 1.29 is 38.2 Å². The van der Waals surface area contributed by atoms with Gasteiger partial charge in [0.2, 0.25) is 0 Å². The highest BCUT2D eigenvalue weighted by Gasteiger charge is 2.81. The number of rotatable bonds is 10. The maximum absolute atomic E-state index is 14.0. The predicted octanol–water partition coefficient (Wildman–Crippen LogP) is 6.03. The molecule has 0 aromatic carbocycles. The molecule has 248 valence electrons. The van der Waals surface area contributed by atoms with Crippen LogP contribution < -0.4 is 0 Å². The fourth-order valence-corrected chi connectivity index (χ4v) is 11.2. The van der Waals surface area contributed by atoms with Crippen molar-refractivity contribution in [2.24, 2.45) is 57.2 Å². The van der Waals surface area contributed by atoms with Gasteiger partial charge in [-0.1, -0.05) is 47.3 Å². The second-order valence-electron chi connectivity index (χ2n) is 15.3. The highest BCUT2D eigenvalue weighted by atomic mass is 35.5. The third-order valence-electron chi connectivity index (χ3n) is 13.5. The second kappa shape index (κ2) is 11.6. The molecule has 0 radical (unpaired) electrons. The van der Waals surface area contributed by atoms with Gasteiger partial charge in [0.25, 0.3) is 0 Å². The van der Waals surface area contributed by atoms with Crippen molar-refractivity contribution in [1.82, 2.24) is 0 Å². The first kappa shape index (κ1) is 33.9. The summed E-state index contributed by atoms with van der Waals surface area (Å²) in [5.41, 5.74) is -0.219. The molecule has 0 N–H and O–H groups in total. The van der Waals surface area contributed by atoms with Gasteiger partial charge in [0.05, 0.1) is 6.61 Å². The minimum absolute atomic E-state index is 0.0229. The smallest absolute Gasteiger partial charge is 0.321 e. The lowest BCUT2D eigenvalue weighted by molar-refractivity contribution is -0.166. The number of halogens is 1. The van der Waals surface area contributed by atoms with E-state index in [-0.39, 0.29) is 57.4 Å². The van der Waals surface area contributed by atoms with Gasteiger partial charge in [0.1, 0.15) is 12.0 Å². The van der Waals surface area contributed by atoms with Crippen molar-refractivity contribution in [1.29, 1.82) is 0 Å². The average Bonchev–Trinajstić information content (AvgIpc) is 3.59. The first-order chi connectivity index (χ1) is 21.0. The molecule has 4 saturated carbocycles. The zero-order valence-electron chi connectivity index (χ0n) is 27.8. The lowest BCUT2D eigenvalue weighted by Crippen LogP contribution is -2.56. The van der Waals surface area contributed by atoms with Crippen LogP contribution in [0, 0.1) is 57.2 Å². The number of ether oxygens (including phenoxy) is 3. The Bertz CT molecular complexity index is 1340. The van der Waals surface area contributed by atoms with Gasteiger partial charge in [-0.2, -0.15) is 0 Å². The van der Waals surface area contributed by atoms with Crippen LogP contribution >= 0.6 is 11.6 Å². The summed E-state index contributed by atoms with van der Waals surface area (Å²) >= 11 is 5.86. The molecule has 4 fully saturated rings. The third-order valence-corrected chi connectivity index (χ3v) is 13.7. The van der Waals surface area contributed by atoms with Crippen LogP contribution in [-0.4, -0.2) is 54.2 Å². The zero-order valence-corrected chi connectivity index (χ0v) is 28.5. The third kappa shape index (κ3) is 5.03. The Balaban J connectivity index is 1.51. The summed E-state index contributed by atoms with van der Waals surface area (Å²) in [7, 11) is 0. The van der Waals surface area contributed by atoms with Gasteiger partial charge in [-0.25, -0.2) is 0 Å². The molecule has 0 heterocycles. The number of Topliss-reactive ketones (excluding diaryl/α,β-unsaturated/α-hetero) is 1. The van der Waals surface area contributed by atoms with E-state index >= 15 is 0 Å². The molecule has 0 bridgehead atoms. The molecular weight excluding hydrogens is 596 g/mol. The Kier molecular flexibility index (Phi) is 8.76. The van der Waals surface area contributed by atoms with E-state index in [4.69, 9.17) is 25.8 Å². The molecule has 5 aliphatic carbocycles. The Morgan fingerprint density at radius 2 is 1.76 bits per heavy atom. The lowest BCUT2D eigenvalue weighted by Gasteiger charge is -2.61. The summed E-state index contributed by atoms with van der Waals surface area (Å²) in [5, 5.41) is 0. The summed E-state index contributed by atoms with van der Waals surface area (Å²) in [5.74, 6) is -2.75. The van der Waals surface area contributed by atoms with Gasteiger partial charge in [0.15, 0.2) is 17.7 Å². The van der Waals surface area contributed by atoms with Crippen LogP contribution in [0.5, 0.6) is 0 Å². The number of hydrogen-bond donors (Lipinski definition) is 0. The van der Waals surface area contributed by atoms with E-state index in [2.05, 4.69) is 33.4 Å². The number of allylic oxidation sites excluding steroid dienone is 2. The fourth-order valence-electron chi connectivity index (χ4n) is 11.2. The van der Waals surface area contributed by atoms with E-state index in [1.807, 2.05) is 13.0 Å². The summed E-state index contributed by atoms with van der Waals surface area (Å²) in [6, 6.07) is 0. The summed E-state index contributed by atoms with van der Waals surface area (Å²) in [6.07, 6.45) is 7.98. The monoisotopic (exact) mass is 644 g/mol. The van der Waals surface area contributed by atoms with Crippen molar-refractivity contribution in [3.05, 3.63) is 24.3 Å². The largest absolute Gasteiger partial charge is 0.465 e. The minimum Gasteiger partial charge on any atom is -0.465 e. The van der Waals surface area contributed by atoms with Gasteiger partial charge in [-0.05, 0) is 83.7 Å². The highest BCUT2D eigenvalue weighted by Crippen LogP contribution is 2.87. The van der Waals surface area contributed by atoms with Gasteiger partial charge in [-0.15, -0.1) is 11.6 Å². The molecule has 2 unspecified atom stereocenters. The maximum Gasteiger partial charge on any atom is 0.321 e. The highest BCUT2D eigenvalue weighted by molar-refractivity contribution is 6.26. The molecule has 0 saturated heterocycles. The fraction of sp³-hybridized carbons (Fsp3) is 0.750. The quantitative estimate of drug-likeness (QED) is 0.123. The van der Waals surface area contributed by atoms with Gasteiger partial charge < -0.3 is 14.2 Å². The number of esters is 3. The number of ketones is 2. The maximum atomic E-state index is 14.0. The molecule has 8 nitrogen and oxygen atoms in total. The normalized spacial score (nSPS) is 41.2. The molecule has 9 heteroatoms. The second-order valence-corrected chi connectivity index (χ2v) is 15.6. The zero-order chi connectivity index (χ0) is 33.3. The Morgan fingerprint density at radius 1 is 1.07 bits per heavy atom. The van der Waals surface area contributed by atoms with Crippen molar-refractivity contribution in [3.8, 4) is 0 Å². The van der Waals surface area contributed by atoms with Gasteiger partial charge in [0, 0.05) is 37.5 Å². The topological polar surface area (TPSA) is 113 Å². The number of fused-ring (bicyclic) bond motifs is 2.